The summed E-state index contributed by atoms with van der Waals surface area (Å²) in [6.07, 6.45) is 0.417. The molecule has 1 aromatic carbocycles. The molecule has 0 aromatic heterocycles. The Bertz CT molecular complexity index is 627. The van der Waals surface area contributed by atoms with Gasteiger partial charge in [-0.2, -0.15) is 0 Å². The third-order valence-electron chi connectivity index (χ3n) is 3.04. The number of benzene rings is 1. The fraction of sp³-hybridized carbons (Fsp3) is 0.375. The molecule has 1 N–H and O–H groups in total. The van der Waals surface area contributed by atoms with Crippen LogP contribution in [0.5, 0.6) is 5.75 Å². The molecule has 130 valence electrons. The molecule has 8 heteroatoms. The van der Waals surface area contributed by atoms with Crippen LogP contribution >= 0.6 is 11.8 Å². The summed E-state index contributed by atoms with van der Waals surface area (Å²) >= 11 is 1.58. The Balaban J connectivity index is 1.99. The minimum Gasteiger partial charge on any atom is -0.406 e. The predicted octanol–water partition coefficient (Wildman–Crippen LogP) is 4.39. The predicted molar refractivity (Wildman–Crippen MR) is 89.5 cm³/mol. The minimum atomic E-state index is -4.74. The van der Waals surface area contributed by atoms with Gasteiger partial charge in [0.2, 0.25) is 0 Å². The van der Waals surface area contributed by atoms with Crippen molar-refractivity contribution in [1.29, 1.82) is 0 Å². The first kappa shape index (κ1) is 18.4. The number of rotatable bonds is 6. The Labute approximate surface area is 142 Å². The summed E-state index contributed by atoms with van der Waals surface area (Å²) in [5, 5.41) is 2.43. The Morgan fingerprint density at radius 1 is 1.38 bits per heavy atom. The summed E-state index contributed by atoms with van der Waals surface area (Å²) in [7, 11) is 0. The third kappa shape index (κ3) is 5.59. The topological polar surface area (TPSA) is 50.7 Å². The summed E-state index contributed by atoms with van der Waals surface area (Å²) in [6.45, 7) is 2.05. The van der Waals surface area contributed by atoms with E-state index in [2.05, 4.69) is 15.0 Å². The van der Waals surface area contributed by atoms with Crippen LogP contribution in [0.2, 0.25) is 0 Å². The van der Waals surface area contributed by atoms with E-state index in [1.807, 2.05) is 13.0 Å². The molecule has 1 heterocycles. The molecule has 0 aliphatic carbocycles. The van der Waals surface area contributed by atoms with Gasteiger partial charge in [-0.1, -0.05) is 13.0 Å². The number of aliphatic imine (C=N–C) groups is 1. The first-order valence-electron chi connectivity index (χ1n) is 7.39. The molecule has 1 aliphatic rings. The average molecular weight is 358 g/mol. The molecule has 0 bridgehead atoms. The highest BCUT2D eigenvalue weighted by molar-refractivity contribution is 8.00. The van der Waals surface area contributed by atoms with E-state index >= 15 is 0 Å². The van der Waals surface area contributed by atoms with Crippen LogP contribution in [0.3, 0.4) is 0 Å². The maximum atomic E-state index is 12.4. The minimum absolute atomic E-state index is 0.244. The normalized spacial score (nSPS) is 17.3. The second-order valence-electron chi connectivity index (χ2n) is 4.98. The second-order valence-corrected chi connectivity index (χ2v) is 6.16. The number of ether oxygens (including phenoxy) is 1. The number of hydrogen-bond donors (Lipinski definition) is 1. The van der Waals surface area contributed by atoms with Gasteiger partial charge in [-0.25, -0.2) is 0 Å². The highest BCUT2D eigenvalue weighted by atomic mass is 32.2. The Morgan fingerprint density at radius 3 is 2.71 bits per heavy atom. The largest absolute Gasteiger partial charge is 0.573 e. The number of halogens is 3. The molecular formula is C16H17F3N2O2S. The van der Waals surface area contributed by atoms with Gasteiger partial charge in [0.15, 0.2) is 0 Å². The van der Waals surface area contributed by atoms with Crippen LogP contribution in [0, 0.1) is 0 Å². The van der Waals surface area contributed by atoms with E-state index in [1.54, 1.807) is 18.0 Å². The van der Waals surface area contributed by atoms with Gasteiger partial charge in [-0.3, -0.25) is 9.79 Å². The van der Waals surface area contributed by atoms with Crippen molar-refractivity contribution in [1.82, 2.24) is 0 Å². The fourth-order valence-electron chi connectivity index (χ4n) is 2.03. The molecule has 1 atom stereocenters. The standard InChI is InChI=1S/C16H17F3N2O2S/c1-2-10-24-15-13(4-3-9-20-15)14(22)21-11-5-7-12(8-6-11)23-16(17,18)19/h4-9,15H,2-3,10H2,1H3,(H,21,22). The number of amides is 1. The van der Waals surface area contributed by atoms with E-state index in [0.29, 0.717) is 17.7 Å². The van der Waals surface area contributed by atoms with Crippen molar-refractivity contribution in [3.05, 3.63) is 35.9 Å². The Kier molecular flexibility index (Phi) is 6.30. The second kappa shape index (κ2) is 8.23. The van der Waals surface area contributed by atoms with Crippen LogP contribution in [-0.4, -0.2) is 29.6 Å². The van der Waals surface area contributed by atoms with Gasteiger partial charge < -0.3 is 10.1 Å². The molecule has 2 rings (SSSR count). The van der Waals surface area contributed by atoms with E-state index < -0.39 is 6.36 Å². The van der Waals surface area contributed by atoms with E-state index in [1.165, 1.54) is 12.1 Å². The highest BCUT2D eigenvalue weighted by Crippen LogP contribution is 2.27. The number of dihydropyridines is 1. The quantitative estimate of drug-likeness (QED) is 0.820. The van der Waals surface area contributed by atoms with Crippen molar-refractivity contribution >= 4 is 29.6 Å². The molecule has 24 heavy (non-hydrogen) atoms. The van der Waals surface area contributed by atoms with Crippen LogP contribution in [0.1, 0.15) is 19.8 Å². The molecule has 1 amide bonds. The van der Waals surface area contributed by atoms with E-state index in [0.717, 1.165) is 24.3 Å². The maximum absolute atomic E-state index is 12.4. The fourth-order valence-corrected chi connectivity index (χ4v) is 3.04. The molecule has 0 saturated carbocycles. The van der Waals surface area contributed by atoms with Crippen LogP contribution < -0.4 is 10.1 Å². The van der Waals surface area contributed by atoms with Crippen molar-refractivity contribution in [3.8, 4) is 5.75 Å². The Morgan fingerprint density at radius 2 is 2.08 bits per heavy atom. The third-order valence-corrected chi connectivity index (χ3v) is 4.37. The zero-order valence-electron chi connectivity index (χ0n) is 13.0. The molecule has 1 aromatic rings. The first-order chi connectivity index (χ1) is 11.4. The Hall–Kier alpha value is -1.96. The van der Waals surface area contributed by atoms with Gasteiger partial charge in [-0.15, -0.1) is 24.9 Å². The van der Waals surface area contributed by atoms with Crippen LogP contribution in [-0.2, 0) is 4.79 Å². The maximum Gasteiger partial charge on any atom is 0.573 e. The molecule has 0 saturated heterocycles. The van der Waals surface area contributed by atoms with Gasteiger partial charge in [-0.05, 0) is 36.4 Å². The molecule has 0 fully saturated rings. The van der Waals surface area contributed by atoms with Gasteiger partial charge in [0.1, 0.15) is 11.1 Å². The molecular weight excluding hydrogens is 341 g/mol. The first-order valence-corrected chi connectivity index (χ1v) is 8.44. The number of anilines is 1. The number of carbonyl (C=O) groups excluding carboxylic acids is 1. The van der Waals surface area contributed by atoms with E-state index in [-0.39, 0.29) is 17.0 Å². The van der Waals surface area contributed by atoms with Crippen molar-refractivity contribution in [3.63, 3.8) is 0 Å². The number of nitrogens with one attached hydrogen (secondary N) is 1. The summed E-state index contributed by atoms with van der Waals surface area (Å²) < 4.78 is 40.2. The number of alkyl halides is 3. The van der Waals surface area contributed by atoms with Crippen molar-refractivity contribution in [2.75, 3.05) is 11.1 Å². The van der Waals surface area contributed by atoms with Gasteiger partial charge in [0.25, 0.3) is 5.91 Å². The van der Waals surface area contributed by atoms with E-state index in [9.17, 15) is 18.0 Å². The van der Waals surface area contributed by atoms with Gasteiger partial charge >= 0.3 is 6.36 Å². The smallest absolute Gasteiger partial charge is 0.406 e. The summed E-state index contributed by atoms with van der Waals surface area (Å²) in [4.78, 5) is 16.7. The number of thioether (sulfide) groups is 1. The lowest BCUT2D eigenvalue weighted by molar-refractivity contribution is -0.274. The summed E-state index contributed by atoms with van der Waals surface area (Å²) in [5.41, 5.74) is 0.954. The molecule has 1 aliphatic heterocycles. The zero-order valence-corrected chi connectivity index (χ0v) is 13.8. The van der Waals surface area contributed by atoms with Crippen molar-refractivity contribution in [2.24, 2.45) is 4.99 Å². The lowest BCUT2D eigenvalue weighted by atomic mass is 10.1. The average Bonchev–Trinajstić information content (AvgIpc) is 2.53. The lowest BCUT2D eigenvalue weighted by Crippen LogP contribution is -2.23. The van der Waals surface area contributed by atoms with Gasteiger partial charge in [0.05, 0.1) is 0 Å². The molecule has 1 unspecified atom stereocenters. The highest BCUT2D eigenvalue weighted by Gasteiger charge is 2.31. The van der Waals surface area contributed by atoms with Crippen molar-refractivity contribution < 1.29 is 22.7 Å². The van der Waals surface area contributed by atoms with Crippen molar-refractivity contribution in [2.45, 2.75) is 31.5 Å². The van der Waals surface area contributed by atoms with Crippen LogP contribution in [0.15, 0.2) is 40.9 Å². The number of allylic oxidation sites excluding steroid dienone is 1. The van der Waals surface area contributed by atoms with E-state index in [4.69, 9.17) is 0 Å². The number of carbonyl (C=O) groups is 1. The summed E-state index contributed by atoms with van der Waals surface area (Å²) in [6, 6.07) is 5.03. The number of hydrogen-bond acceptors (Lipinski definition) is 4. The van der Waals surface area contributed by atoms with Crippen LogP contribution in [0.25, 0.3) is 0 Å². The lowest BCUT2D eigenvalue weighted by Gasteiger charge is -2.18. The monoisotopic (exact) mass is 358 g/mol. The van der Waals surface area contributed by atoms with Crippen LogP contribution in [0.4, 0.5) is 18.9 Å². The summed E-state index contributed by atoms with van der Waals surface area (Å²) in [5.74, 6) is 0.249. The number of nitrogens with zero attached hydrogens (tertiary/aromatic N) is 1. The SMILES string of the molecule is CCCSC1N=CCC=C1C(=O)Nc1ccc(OC(F)(F)F)cc1. The molecule has 4 nitrogen and oxygen atoms in total. The molecule has 0 radical (unpaired) electrons. The molecule has 0 spiro atoms. The van der Waals surface area contributed by atoms with Gasteiger partial charge in [0, 0.05) is 23.9 Å². The zero-order chi connectivity index (χ0) is 17.6.